The molecule has 0 fully saturated rings. The summed E-state index contributed by atoms with van der Waals surface area (Å²) >= 11 is 5.52. The number of pyridine rings is 1. The van der Waals surface area contributed by atoms with Gasteiger partial charge in [-0.2, -0.15) is 0 Å². The fraction of sp³-hybridized carbons (Fsp3) is 0.250. The van der Waals surface area contributed by atoms with Crippen molar-refractivity contribution in [1.82, 2.24) is 15.0 Å². The van der Waals surface area contributed by atoms with Crippen LogP contribution >= 0.6 is 11.6 Å². The molecule has 2 N–H and O–H groups in total. The molecule has 0 aromatic carbocycles. The zero-order valence-corrected chi connectivity index (χ0v) is 9.97. The van der Waals surface area contributed by atoms with Gasteiger partial charge in [-0.05, 0) is 12.1 Å². The summed E-state index contributed by atoms with van der Waals surface area (Å²) in [6.45, 7) is -0.318. The van der Waals surface area contributed by atoms with Gasteiger partial charge in [0.05, 0.1) is 6.54 Å². The first kappa shape index (κ1) is 12.9. The minimum absolute atomic E-state index is 0.0409. The Bertz CT molecular complexity index is 472. The van der Waals surface area contributed by atoms with Crippen LogP contribution in [-0.2, 0) is 14.8 Å². The van der Waals surface area contributed by atoms with Gasteiger partial charge in [0.2, 0.25) is 15.9 Å². The van der Waals surface area contributed by atoms with E-state index in [-0.39, 0.29) is 16.6 Å². The van der Waals surface area contributed by atoms with E-state index in [2.05, 4.69) is 15.0 Å². The molecule has 1 amide bonds. The summed E-state index contributed by atoms with van der Waals surface area (Å²) in [5.74, 6) is -0.425. The number of halogens is 1. The first-order valence-corrected chi connectivity index (χ1v) is 6.13. The predicted molar refractivity (Wildman–Crippen MR) is 58.5 cm³/mol. The summed E-state index contributed by atoms with van der Waals surface area (Å²) in [4.78, 5) is 14.5. The first-order chi connectivity index (χ1) is 7.45. The third kappa shape index (κ3) is 3.44. The lowest BCUT2D eigenvalue weighted by molar-refractivity contribution is -0.119. The molecule has 0 saturated carbocycles. The van der Waals surface area contributed by atoms with E-state index < -0.39 is 15.9 Å². The molecule has 16 heavy (non-hydrogen) atoms. The Kier molecular flexibility index (Phi) is 4.22. The van der Waals surface area contributed by atoms with E-state index in [4.69, 9.17) is 11.6 Å². The fourth-order valence-corrected chi connectivity index (χ4v) is 1.89. The molecule has 1 aromatic rings. The first-order valence-electron chi connectivity index (χ1n) is 4.27. The average Bonchev–Trinajstić information content (AvgIpc) is 2.26. The van der Waals surface area contributed by atoms with Crippen LogP contribution in [-0.4, -0.2) is 32.9 Å². The molecule has 0 aliphatic rings. The molecule has 1 aromatic heterocycles. The number of hydrogen-bond donors (Lipinski definition) is 2. The molecule has 0 radical (unpaired) electrons. The summed E-state index contributed by atoms with van der Waals surface area (Å²) < 4.78 is 25.3. The van der Waals surface area contributed by atoms with Gasteiger partial charge in [0.1, 0.15) is 10.0 Å². The van der Waals surface area contributed by atoms with Crippen molar-refractivity contribution in [2.45, 2.75) is 4.90 Å². The van der Waals surface area contributed by atoms with Crippen LogP contribution in [0.25, 0.3) is 0 Å². The lowest BCUT2D eigenvalue weighted by atomic mass is 10.5. The van der Waals surface area contributed by atoms with Crippen molar-refractivity contribution in [2.75, 3.05) is 13.6 Å². The van der Waals surface area contributed by atoms with Crippen LogP contribution in [0.5, 0.6) is 0 Å². The lowest BCUT2D eigenvalue weighted by Gasteiger charge is -2.05. The molecule has 0 saturated heterocycles. The van der Waals surface area contributed by atoms with Gasteiger partial charge in [0.25, 0.3) is 0 Å². The maximum Gasteiger partial charge on any atom is 0.242 e. The lowest BCUT2D eigenvalue weighted by Crippen LogP contribution is -2.35. The quantitative estimate of drug-likeness (QED) is 0.734. The van der Waals surface area contributed by atoms with Crippen molar-refractivity contribution in [1.29, 1.82) is 0 Å². The van der Waals surface area contributed by atoms with E-state index in [1.807, 2.05) is 0 Å². The highest BCUT2D eigenvalue weighted by molar-refractivity contribution is 7.89. The van der Waals surface area contributed by atoms with E-state index in [0.29, 0.717) is 0 Å². The maximum atomic E-state index is 11.6. The van der Waals surface area contributed by atoms with Crippen LogP contribution in [0.2, 0.25) is 5.15 Å². The van der Waals surface area contributed by atoms with Crippen LogP contribution in [0.3, 0.4) is 0 Å². The summed E-state index contributed by atoms with van der Waals surface area (Å²) in [6.07, 6.45) is 1.12. The molecule has 6 nitrogen and oxygen atoms in total. The number of sulfonamides is 1. The van der Waals surface area contributed by atoms with E-state index in [1.165, 1.54) is 19.2 Å². The van der Waals surface area contributed by atoms with Gasteiger partial charge < -0.3 is 5.32 Å². The van der Waals surface area contributed by atoms with Crippen LogP contribution in [0.4, 0.5) is 0 Å². The molecule has 0 spiro atoms. The number of carbonyl (C=O) groups is 1. The molecular weight excluding hydrogens is 254 g/mol. The Morgan fingerprint density at radius 2 is 2.19 bits per heavy atom. The number of likely N-dealkylation sites (N-methyl/N-ethyl adjacent to an activating group) is 1. The van der Waals surface area contributed by atoms with Crippen molar-refractivity contribution < 1.29 is 13.2 Å². The molecular formula is C8H10ClN3O3S. The largest absolute Gasteiger partial charge is 0.358 e. The second kappa shape index (κ2) is 5.24. The average molecular weight is 264 g/mol. The third-order valence-electron chi connectivity index (χ3n) is 1.71. The highest BCUT2D eigenvalue weighted by atomic mass is 35.5. The highest BCUT2D eigenvalue weighted by Crippen LogP contribution is 2.10. The Morgan fingerprint density at radius 3 is 2.69 bits per heavy atom. The van der Waals surface area contributed by atoms with Gasteiger partial charge in [-0.15, -0.1) is 0 Å². The predicted octanol–water partition coefficient (Wildman–Crippen LogP) is -0.241. The maximum absolute atomic E-state index is 11.6. The number of nitrogens with one attached hydrogen (secondary N) is 2. The Morgan fingerprint density at radius 1 is 1.50 bits per heavy atom. The van der Waals surface area contributed by atoms with Crippen molar-refractivity contribution >= 4 is 27.5 Å². The number of nitrogens with zero attached hydrogens (tertiary/aromatic N) is 1. The monoisotopic (exact) mass is 263 g/mol. The van der Waals surface area contributed by atoms with Gasteiger partial charge in [0.15, 0.2) is 0 Å². The van der Waals surface area contributed by atoms with Gasteiger partial charge in [-0.1, -0.05) is 11.6 Å². The minimum atomic E-state index is -3.71. The number of hydrogen-bond acceptors (Lipinski definition) is 4. The van der Waals surface area contributed by atoms with Crippen LogP contribution < -0.4 is 10.0 Å². The SMILES string of the molecule is CNC(=O)CNS(=O)(=O)c1ccc(Cl)nc1. The molecule has 0 bridgehead atoms. The number of aromatic nitrogens is 1. The fourth-order valence-electron chi connectivity index (χ4n) is 0.853. The molecule has 1 heterocycles. The third-order valence-corrected chi connectivity index (χ3v) is 3.32. The summed E-state index contributed by atoms with van der Waals surface area (Å²) in [5.41, 5.74) is 0. The van der Waals surface area contributed by atoms with Crippen molar-refractivity contribution in [3.63, 3.8) is 0 Å². The van der Waals surface area contributed by atoms with Crippen molar-refractivity contribution in [2.24, 2.45) is 0 Å². The zero-order chi connectivity index (χ0) is 12.2. The topological polar surface area (TPSA) is 88.2 Å². The van der Waals surface area contributed by atoms with Gasteiger partial charge >= 0.3 is 0 Å². The Balaban J connectivity index is 2.78. The van der Waals surface area contributed by atoms with E-state index in [9.17, 15) is 13.2 Å². The number of carbonyl (C=O) groups excluding carboxylic acids is 1. The van der Waals surface area contributed by atoms with Crippen molar-refractivity contribution in [3.8, 4) is 0 Å². The second-order valence-electron chi connectivity index (χ2n) is 2.81. The second-order valence-corrected chi connectivity index (χ2v) is 4.97. The van der Waals surface area contributed by atoms with E-state index in [1.54, 1.807) is 0 Å². The van der Waals surface area contributed by atoms with Gasteiger partial charge in [-0.3, -0.25) is 4.79 Å². The molecule has 0 unspecified atom stereocenters. The molecule has 8 heteroatoms. The van der Waals surface area contributed by atoms with Crippen LogP contribution in [0.15, 0.2) is 23.2 Å². The number of amides is 1. The molecule has 0 atom stereocenters. The standard InChI is InChI=1S/C8H10ClN3O3S/c1-10-8(13)5-12-16(14,15)6-2-3-7(9)11-4-6/h2-4,12H,5H2,1H3,(H,10,13). The minimum Gasteiger partial charge on any atom is -0.358 e. The van der Waals surface area contributed by atoms with Gasteiger partial charge in [0, 0.05) is 13.2 Å². The molecule has 0 aliphatic heterocycles. The summed E-state index contributed by atoms with van der Waals surface area (Å²) in [6, 6.07) is 2.66. The molecule has 0 aliphatic carbocycles. The van der Waals surface area contributed by atoms with E-state index >= 15 is 0 Å². The Labute approximate surface area is 98.1 Å². The molecule has 88 valence electrons. The normalized spacial score (nSPS) is 11.1. The van der Waals surface area contributed by atoms with Crippen molar-refractivity contribution in [3.05, 3.63) is 23.5 Å². The highest BCUT2D eigenvalue weighted by Gasteiger charge is 2.15. The zero-order valence-electron chi connectivity index (χ0n) is 8.40. The summed E-state index contributed by atoms with van der Waals surface area (Å²) in [7, 11) is -2.30. The smallest absolute Gasteiger partial charge is 0.242 e. The number of rotatable bonds is 4. The van der Waals surface area contributed by atoms with Gasteiger partial charge in [-0.25, -0.2) is 18.1 Å². The van der Waals surface area contributed by atoms with E-state index in [0.717, 1.165) is 6.20 Å². The molecule has 1 rings (SSSR count). The summed E-state index contributed by atoms with van der Waals surface area (Å²) in [5, 5.41) is 2.49. The Hall–Kier alpha value is -1.18. The van der Waals surface area contributed by atoms with Crippen LogP contribution in [0, 0.1) is 0 Å². The van der Waals surface area contributed by atoms with Crippen LogP contribution in [0.1, 0.15) is 0 Å².